The van der Waals surface area contributed by atoms with E-state index >= 15 is 0 Å². The average molecular weight is 286 g/mol. The number of nitrogens with one attached hydrogen (secondary N) is 1. The molecule has 0 radical (unpaired) electrons. The van der Waals surface area contributed by atoms with Gasteiger partial charge >= 0.3 is 12.0 Å². The first-order valence-corrected chi connectivity index (χ1v) is 7.68. The minimum Gasteiger partial charge on any atom is -0.481 e. The van der Waals surface area contributed by atoms with Gasteiger partial charge in [-0.1, -0.05) is 33.1 Å². The number of unbranched alkanes of at least 4 members (excludes halogenated alkanes) is 2. The highest BCUT2D eigenvalue weighted by molar-refractivity contribution is 5.74. The van der Waals surface area contributed by atoms with Crippen molar-refractivity contribution in [1.29, 1.82) is 0 Å². The van der Waals surface area contributed by atoms with Crippen LogP contribution in [0.15, 0.2) is 0 Å². The van der Waals surface area contributed by atoms with E-state index in [0.29, 0.717) is 6.54 Å². The standard InChI is InChI=1S/C15H30N2O3/c1-5-7-8-9-17(12(3)4)15(20)16-11-13(6-2)10-14(18)19/h12-13H,5-11H2,1-4H3,(H,16,20)(H,18,19). The number of hydrogen-bond acceptors (Lipinski definition) is 2. The Bertz CT molecular complexity index is 293. The Morgan fingerprint density at radius 1 is 1.20 bits per heavy atom. The molecule has 5 heteroatoms. The highest BCUT2D eigenvalue weighted by atomic mass is 16.4. The molecule has 0 aliphatic heterocycles. The monoisotopic (exact) mass is 286 g/mol. The maximum absolute atomic E-state index is 12.2. The summed E-state index contributed by atoms with van der Waals surface area (Å²) in [6, 6.07) is 0.0753. The van der Waals surface area contributed by atoms with Crippen LogP contribution in [0.25, 0.3) is 0 Å². The Morgan fingerprint density at radius 2 is 1.85 bits per heavy atom. The number of carbonyl (C=O) groups excluding carboxylic acids is 1. The number of carboxylic acids is 1. The van der Waals surface area contributed by atoms with Crippen molar-refractivity contribution < 1.29 is 14.7 Å². The number of hydrogen-bond donors (Lipinski definition) is 2. The number of nitrogens with zero attached hydrogens (tertiary/aromatic N) is 1. The molecular weight excluding hydrogens is 256 g/mol. The molecule has 1 atom stereocenters. The number of carbonyl (C=O) groups is 2. The highest BCUT2D eigenvalue weighted by Gasteiger charge is 2.18. The van der Waals surface area contributed by atoms with Crippen LogP contribution in [0.5, 0.6) is 0 Å². The molecule has 0 aromatic heterocycles. The summed E-state index contributed by atoms with van der Waals surface area (Å²) >= 11 is 0. The summed E-state index contributed by atoms with van der Waals surface area (Å²) in [7, 11) is 0. The summed E-state index contributed by atoms with van der Waals surface area (Å²) < 4.78 is 0. The third-order valence-corrected chi connectivity index (χ3v) is 3.47. The van der Waals surface area contributed by atoms with E-state index in [9.17, 15) is 9.59 Å². The molecule has 0 saturated carbocycles. The molecule has 0 fully saturated rings. The van der Waals surface area contributed by atoms with Crippen LogP contribution in [-0.4, -0.2) is 41.1 Å². The lowest BCUT2D eigenvalue weighted by Crippen LogP contribution is -2.45. The first-order chi connectivity index (χ1) is 9.42. The minimum absolute atomic E-state index is 0.00102. The summed E-state index contributed by atoms with van der Waals surface area (Å²) in [6.07, 6.45) is 4.12. The predicted octanol–water partition coefficient (Wildman–Crippen LogP) is 3.10. The van der Waals surface area contributed by atoms with E-state index < -0.39 is 5.97 Å². The fourth-order valence-corrected chi connectivity index (χ4v) is 2.07. The molecule has 2 amide bonds. The van der Waals surface area contributed by atoms with E-state index in [-0.39, 0.29) is 24.4 Å². The van der Waals surface area contributed by atoms with Crippen LogP contribution in [0.4, 0.5) is 4.79 Å². The Morgan fingerprint density at radius 3 is 2.30 bits per heavy atom. The van der Waals surface area contributed by atoms with Gasteiger partial charge < -0.3 is 15.3 Å². The molecule has 0 aliphatic rings. The van der Waals surface area contributed by atoms with Crippen LogP contribution in [0.3, 0.4) is 0 Å². The summed E-state index contributed by atoms with van der Waals surface area (Å²) in [5.41, 5.74) is 0. The number of carboxylic acid groups (broad SMARTS) is 1. The van der Waals surface area contributed by atoms with Crippen LogP contribution in [0.1, 0.15) is 59.8 Å². The van der Waals surface area contributed by atoms with Crippen LogP contribution in [-0.2, 0) is 4.79 Å². The maximum atomic E-state index is 12.2. The van der Waals surface area contributed by atoms with Crippen molar-refractivity contribution in [1.82, 2.24) is 10.2 Å². The second-order valence-electron chi connectivity index (χ2n) is 5.55. The molecule has 0 heterocycles. The first-order valence-electron chi connectivity index (χ1n) is 7.68. The lowest BCUT2D eigenvalue weighted by atomic mass is 10.0. The van der Waals surface area contributed by atoms with Gasteiger partial charge in [-0.05, 0) is 26.2 Å². The second kappa shape index (κ2) is 10.5. The molecule has 0 aromatic carbocycles. The number of urea groups is 1. The van der Waals surface area contributed by atoms with Crippen molar-refractivity contribution in [3.05, 3.63) is 0 Å². The van der Waals surface area contributed by atoms with Crippen molar-refractivity contribution in [2.45, 2.75) is 65.8 Å². The van der Waals surface area contributed by atoms with Gasteiger partial charge in [-0.25, -0.2) is 4.79 Å². The summed E-state index contributed by atoms with van der Waals surface area (Å²) in [6.45, 7) is 9.27. The number of aliphatic carboxylic acids is 1. The zero-order valence-corrected chi connectivity index (χ0v) is 13.3. The Labute approximate surface area is 122 Å². The molecule has 5 nitrogen and oxygen atoms in total. The van der Waals surface area contributed by atoms with Crippen LogP contribution < -0.4 is 5.32 Å². The van der Waals surface area contributed by atoms with E-state index in [1.807, 2.05) is 25.7 Å². The molecule has 2 N–H and O–H groups in total. The lowest BCUT2D eigenvalue weighted by Gasteiger charge is -2.28. The highest BCUT2D eigenvalue weighted by Crippen LogP contribution is 2.08. The largest absolute Gasteiger partial charge is 0.481 e. The molecule has 0 aromatic rings. The average Bonchev–Trinajstić information content (AvgIpc) is 2.38. The van der Waals surface area contributed by atoms with E-state index in [1.165, 1.54) is 0 Å². The lowest BCUT2D eigenvalue weighted by molar-refractivity contribution is -0.138. The quantitative estimate of drug-likeness (QED) is 0.606. The van der Waals surface area contributed by atoms with Crippen LogP contribution in [0, 0.1) is 5.92 Å². The zero-order valence-electron chi connectivity index (χ0n) is 13.3. The van der Waals surface area contributed by atoms with Gasteiger partial charge in [0.15, 0.2) is 0 Å². The predicted molar refractivity (Wildman–Crippen MR) is 80.8 cm³/mol. The molecule has 20 heavy (non-hydrogen) atoms. The Hall–Kier alpha value is -1.26. The van der Waals surface area contributed by atoms with Crippen LogP contribution >= 0.6 is 0 Å². The van der Waals surface area contributed by atoms with Crippen molar-refractivity contribution >= 4 is 12.0 Å². The van der Waals surface area contributed by atoms with Crippen LogP contribution in [0.2, 0.25) is 0 Å². The van der Waals surface area contributed by atoms with E-state index in [2.05, 4.69) is 12.2 Å². The van der Waals surface area contributed by atoms with Gasteiger partial charge in [0.2, 0.25) is 0 Å². The van der Waals surface area contributed by atoms with Gasteiger partial charge in [0.1, 0.15) is 0 Å². The molecule has 0 rings (SSSR count). The van der Waals surface area contributed by atoms with E-state index in [1.54, 1.807) is 0 Å². The maximum Gasteiger partial charge on any atom is 0.317 e. The summed E-state index contributed by atoms with van der Waals surface area (Å²) in [5.74, 6) is -0.809. The Kier molecular flexibility index (Phi) is 9.86. The second-order valence-corrected chi connectivity index (χ2v) is 5.55. The molecule has 0 spiro atoms. The zero-order chi connectivity index (χ0) is 15.5. The van der Waals surface area contributed by atoms with Gasteiger partial charge in [-0.3, -0.25) is 4.79 Å². The van der Waals surface area contributed by atoms with Gasteiger partial charge in [-0.15, -0.1) is 0 Å². The van der Waals surface area contributed by atoms with Crippen molar-refractivity contribution in [2.75, 3.05) is 13.1 Å². The fourth-order valence-electron chi connectivity index (χ4n) is 2.07. The number of rotatable bonds is 10. The van der Waals surface area contributed by atoms with E-state index in [0.717, 1.165) is 32.2 Å². The third-order valence-electron chi connectivity index (χ3n) is 3.47. The molecule has 0 saturated heterocycles. The molecule has 1 unspecified atom stereocenters. The SMILES string of the molecule is CCCCCN(C(=O)NCC(CC)CC(=O)O)C(C)C. The third kappa shape index (κ3) is 8.02. The van der Waals surface area contributed by atoms with Crippen molar-refractivity contribution in [3.63, 3.8) is 0 Å². The topological polar surface area (TPSA) is 69.6 Å². The van der Waals surface area contributed by atoms with Gasteiger partial charge in [-0.2, -0.15) is 0 Å². The van der Waals surface area contributed by atoms with Gasteiger partial charge in [0, 0.05) is 25.6 Å². The van der Waals surface area contributed by atoms with E-state index in [4.69, 9.17) is 5.11 Å². The smallest absolute Gasteiger partial charge is 0.317 e. The van der Waals surface area contributed by atoms with Crippen molar-refractivity contribution in [2.24, 2.45) is 5.92 Å². The minimum atomic E-state index is -0.810. The summed E-state index contributed by atoms with van der Waals surface area (Å²) in [5, 5.41) is 11.7. The Balaban J connectivity index is 4.26. The molecule has 118 valence electrons. The molecule has 0 bridgehead atoms. The van der Waals surface area contributed by atoms with Gasteiger partial charge in [0.25, 0.3) is 0 Å². The summed E-state index contributed by atoms with van der Waals surface area (Å²) in [4.78, 5) is 24.7. The van der Waals surface area contributed by atoms with Crippen molar-refractivity contribution in [3.8, 4) is 0 Å². The molecular formula is C15H30N2O3. The van der Waals surface area contributed by atoms with Gasteiger partial charge in [0.05, 0.1) is 0 Å². The normalized spacial score (nSPS) is 12.2. The first kappa shape index (κ1) is 18.7. The number of amides is 2. The fraction of sp³-hybridized carbons (Fsp3) is 0.867. The molecule has 0 aliphatic carbocycles.